The number of pyridine rings is 1. The van der Waals surface area contributed by atoms with Gasteiger partial charge in [-0.1, -0.05) is 0 Å². The number of ether oxygens (including phenoxy) is 2. The highest BCUT2D eigenvalue weighted by Gasteiger charge is 2.22. The van der Waals surface area contributed by atoms with Crippen LogP contribution in [0.2, 0.25) is 0 Å². The first kappa shape index (κ1) is 18.2. The number of aryl methyl sites for hydroxylation is 2. The Hall–Kier alpha value is -2.63. The Labute approximate surface area is 152 Å². The van der Waals surface area contributed by atoms with Gasteiger partial charge < -0.3 is 14.8 Å². The summed E-state index contributed by atoms with van der Waals surface area (Å²) in [5, 5.41) is 2.78. The van der Waals surface area contributed by atoms with Crippen LogP contribution in [0.3, 0.4) is 0 Å². The standard InChI is InChI=1S/C20H23FN2O3/c1-12-10-22-11-13(2)19(12)23-20(24)15-8-18(17(25-3)9-16(15)21)26-14-6-4-5-7-14/h8-11,14H,4-7H2,1-3H3,(H,22,23,24). The van der Waals surface area contributed by atoms with Gasteiger partial charge in [0, 0.05) is 24.1 Å². The van der Waals surface area contributed by atoms with E-state index in [9.17, 15) is 9.18 Å². The van der Waals surface area contributed by atoms with E-state index in [1.165, 1.54) is 19.2 Å². The highest BCUT2D eigenvalue weighted by atomic mass is 19.1. The Morgan fingerprint density at radius 1 is 1.15 bits per heavy atom. The van der Waals surface area contributed by atoms with Crippen LogP contribution in [-0.2, 0) is 0 Å². The van der Waals surface area contributed by atoms with Crippen molar-refractivity contribution in [3.63, 3.8) is 0 Å². The van der Waals surface area contributed by atoms with Crippen LogP contribution >= 0.6 is 0 Å². The minimum Gasteiger partial charge on any atom is -0.493 e. The molecule has 1 aliphatic rings. The quantitative estimate of drug-likeness (QED) is 0.859. The predicted octanol–water partition coefficient (Wildman–Crippen LogP) is 4.42. The monoisotopic (exact) mass is 358 g/mol. The number of rotatable bonds is 5. The number of benzene rings is 1. The number of hydrogen-bond donors (Lipinski definition) is 1. The fourth-order valence-electron chi connectivity index (χ4n) is 3.23. The van der Waals surface area contributed by atoms with E-state index in [1.807, 2.05) is 13.8 Å². The second kappa shape index (κ2) is 7.72. The lowest BCUT2D eigenvalue weighted by Gasteiger charge is -2.17. The predicted molar refractivity (Wildman–Crippen MR) is 97.5 cm³/mol. The van der Waals surface area contributed by atoms with E-state index < -0.39 is 11.7 Å². The van der Waals surface area contributed by atoms with Gasteiger partial charge in [0.25, 0.3) is 5.91 Å². The number of carbonyl (C=O) groups is 1. The van der Waals surface area contributed by atoms with Gasteiger partial charge in [0.15, 0.2) is 11.5 Å². The molecule has 2 aromatic rings. The van der Waals surface area contributed by atoms with Crippen molar-refractivity contribution in [2.75, 3.05) is 12.4 Å². The van der Waals surface area contributed by atoms with Crippen LogP contribution in [-0.4, -0.2) is 24.1 Å². The van der Waals surface area contributed by atoms with Gasteiger partial charge in [-0.05, 0) is 56.7 Å². The van der Waals surface area contributed by atoms with Gasteiger partial charge in [-0.25, -0.2) is 4.39 Å². The summed E-state index contributed by atoms with van der Waals surface area (Å²) in [7, 11) is 1.46. The zero-order chi connectivity index (χ0) is 18.7. The minimum absolute atomic E-state index is 0.0746. The van der Waals surface area contributed by atoms with Crippen molar-refractivity contribution in [2.24, 2.45) is 0 Å². The molecule has 0 radical (unpaired) electrons. The van der Waals surface area contributed by atoms with Crippen LogP contribution in [0, 0.1) is 19.7 Å². The maximum atomic E-state index is 14.5. The molecular weight excluding hydrogens is 335 g/mol. The summed E-state index contributed by atoms with van der Waals surface area (Å²) in [5.74, 6) is -0.488. The Kier molecular flexibility index (Phi) is 5.40. The maximum Gasteiger partial charge on any atom is 0.258 e. The molecule has 3 rings (SSSR count). The average Bonchev–Trinajstić information content (AvgIpc) is 3.12. The van der Waals surface area contributed by atoms with Crippen molar-refractivity contribution in [2.45, 2.75) is 45.6 Å². The van der Waals surface area contributed by atoms with E-state index >= 15 is 0 Å². The summed E-state index contributed by atoms with van der Waals surface area (Å²) in [6.07, 6.45) is 7.53. The number of halogens is 1. The smallest absolute Gasteiger partial charge is 0.258 e. The molecule has 0 bridgehead atoms. The van der Waals surface area contributed by atoms with Crippen LogP contribution < -0.4 is 14.8 Å². The Morgan fingerprint density at radius 2 is 1.81 bits per heavy atom. The summed E-state index contributed by atoms with van der Waals surface area (Å²) >= 11 is 0. The van der Waals surface area contributed by atoms with Crippen molar-refractivity contribution in [1.82, 2.24) is 4.98 Å². The van der Waals surface area contributed by atoms with Crippen LogP contribution in [0.1, 0.15) is 47.2 Å². The molecule has 0 aliphatic heterocycles. The molecule has 0 unspecified atom stereocenters. The van der Waals surface area contributed by atoms with Crippen LogP contribution in [0.25, 0.3) is 0 Å². The van der Waals surface area contributed by atoms with Gasteiger partial charge >= 0.3 is 0 Å². The third-order valence-electron chi connectivity index (χ3n) is 4.66. The third-order valence-corrected chi connectivity index (χ3v) is 4.66. The van der Waals surface area contributed by atoms with E-state index in [-0.39, 0.29) is 11.7 Å². The molecule has 1 aliphatic carbocycles. The molecule has 1 amide bonds. The number of hydrogen-bond acceptors (Lipinski definition) is 4. The molecule has 1 N–H and O–H groups in total. The molecule has 1 heterocycles. The lowest BCUT2D eigenvalue weighted by Crippen LogP contribution is -2.17. The molecule has 0 spiro atoms. The van der Waals surface area contributed by atoms with Gasteiger partial charge in [0.1, 0.15) is 5.82 Å². The summed E-state index contributed by atoms with van der Waals surface area (Å²) < 4.78 is 25.7. The van der Waals surface area contributed by atoms with Gasteiger partial charge in [-0.3, -0.25) is 9.78 Å². The lowest BCUT2D eigenvalue weighted by molar-refractivity contribution is 0.102. The Balaban J connectivity index is 1.89. The SMILES string of the molecule is COc1cc(F)c(C(=O)Nc2c(C)cncc2C)cc1OC1CCCC1. The number of aromatic nitrogens is 1. The van der Waals surface area contributed by atoms with E-state index in [2.05, 4.69) is 10.3 Å². The first-order chi connectivity index (χ1) is 12.5. The molecule has 1 aromatic heterocycles. The molecule has 1 fully saturated rings. The van der Waals surface area contributed by atoms with Gasteiger partial charge in [-0.2, -0.15) is 0 Å². The highest BCUT2D eigenvalue weighted by molar-refractivity contribution is 6.05. The molecule has 26 heavy (non-hydrogen) atoms. The van der Waals surface area contributed by atoms with E-state index in [4.69, 9.17) is 9.47 Å². The fraction of sp³-hybridized carbons (Fsp3) is 0.400. The molecule has 1 aromatic carbocycles. The molecule has 138 valence electrons. The molecule has 6 heteroatoms. The zero-order valence-electron chi connectivity index (χ0n) is 15.3. The average molecular weight is 358 g/mol. The number of nitrogens with one attached hydrogen (secondary N) is 1. The van der Waals surface area contributed by atoms with Crippen molar-refractivity contribution in [1.29, 1.82) is 0 Å². The molecule has 5 nitrogen and oxygen atoms in total. The van der Waals surface area contributed by atoms with Crippen molar-refractivity contribution in [3.8, 4) is 11.5 Å². The third kappa shape index (κ3) is 3.79. The number of nitrogens with zero attached hydrogens (tertiary/aromatic N) is 1. The molecular formula is C20H23FN2O3. The summed E-state index contributed by atoms with van der Waals surface area (Å²) in [6, 6.07) is 2.62. The first-order valence-electron chi connectivity index (χ1n) is 8.76. The number of amides is 1. The van der Waals surface area contributed by atoms with E-state index in [0.29, 0.717) is 17.2 Å². The van der Waals surface area contributed by atoms with E-state index in [0.717, 1.165) is 36.8 Å². The highest BCUT2D eigenvalue weighted by Crippen LogP contribution is 2.34. The fourth-order valence-corrected chi connectivity index (χ4v) is 3.23. The second-order valence-electron chi connectivity index (χ2n) is 6.61. The normalized spacial score (nSPS) is 14.3. The van der Waals surface area contributed by atoms with Crippen molar-refractivity contribution in [3.05, 3.63) is 47.0 Å². The van der Waals surface area contributed by atoms with Gasteiger partial charge in [0.05, 0.1) is 18.8 Å². The summed E-state index contributed by atoms with van der Waals surface area (Å²) in [5.41, 5.74) is 2.19. The lowest BCUT2D eigenvalue weighted by atomic mass is 10.1. The zero-order valence-corrected chi connectivity index (χ0v) is 15.3. The largest absolute Gasteiger partial charge is 0.493 e. The maximum absolute atomic E-state index is 14.5. The Bertz CT molecular complexity index is 797. The molecule has 0 saturated heterocycles. The minimum atomic E-state index is -0.650. The van der Waals surface area contributed by atoms with Crippen molar-refractivity contribution < 1.29 is 18.7 Å². The Morgan fingerprint density at radius 3 is 2.42 bits per heavy atom. The first-order valence-corrected chi connectivity index (χ1v) is 8.76. The van der Waals surface area contributed by atoms with E-state index in [1.54, 1.807) is 12.4 Å². The molecule has 0 atom stereocenters. The number of methoxy groups -OCH3 is 1. The summed E-state index contributed by atoms with van der Waals surface area (Å²) in [4.78, 5) is 16.7. The van der Waals surface area contributed by atoms with Crippen LogP contribution in [0.5, 0.6) is 11.5 Å². The number of carbonyl (C=O) groups excluding carboxylic acids is 1. The van der Waals surface area contributed by atoms with Crippen LogP contribution in [0.4, 0.5) is 10.1 Å². The topological polar surface area (TPSA) is 60.5 Å². The summed E-state index contributed by atoms with van der Waals surface area (Å²) in [6.45, 7) is 3.68. The molecule has 1 saturated carbocycles. The van der Waals surface area contributed by atoms with Gasteiger partial charge in [-0.15, -0.1) is 0 Å². The number of anilines is 1. The van der Waals surface area contributed by atoms with Crippen molar-refractivity contribution >= 4 is 11.6 Å². The van der Waals surface area contributed by atoms with Gasteiger partial charge in [0.2, 0.25) is 0 Å². The second-order valence-corrected chi connectivity index (χ2v) is 6.61. The van der Waals surface area contributed by atoms with Crippen LogP contribution in [0.15, 0.2) is 24.5 Å².